The predicted octanol–water partition coefficient (Wildman–Crippen LogP) is 3.86. The van der Waals surface area contributed by atoms with Crippen LogP contribution < -0.4 is 15.0 Å². The average Bonchev–Trinajstić information content (AvgIpc) is 2.63. The van der Waals surface area contributed by atoms with Crippen LogP contribution >= 0.6 is 0 Å². The van der Waals surface area contributed by atoms with E-state index in [1.54, 1.807) is 24.1 Å². The molecular weight excluding hydrogens is 316 g/mol. The van der Waals surface area contributed by atoms with Crippen molar-refractivity contribution in [3.05, 3.63) is 54.6 Å². The molecule has 0 unspecified atom stereocenters. The molecule has 2 aromatic rings. The molecule has 1 N–H and O–H groups in total. The largest absolute Gasteiger partial charge is 0.494 e. The van der Waals surface area contributed by atoms with Crippen molar-refractivity contribution in [2.45, 2.75) is 26.2 Å². The number of carbonyl (C=O) groups excluding carboxylic acids is 2. The topological polar surface area (TPSA) is 58.6 Å². The summed E-state index contributed by atoms with van der Waals surface area (Å²) < 4.78 is 5.36. The molecule has 132 valence electrons. The molecular formula is C20H24N2O3. The molecule has 0 aliphatic heterocycles. The van der Waals surface area contributed by atoms with E-state index < -0.39 is 0 Å². The molecule has 0 bridgehead atoms. The van der Waals surface area contributed by atoms with Gasteiger partial charge >= 0.3 is 0 Å². The summed E-state index contributed by atoms with van der Waals surface area (Å²) in [4.78, 5) is 25.8. The summed E-state index contributed by atoms with van der Waals surface area (Å²) in [6.45, 7) is 2.53. The van der Waals surface area contributed by atoms with Gasteiger partial charge in [0.15, 0.2) is 0 Å². The van der Waals surface area contributed by atoms with Crippen LogP contribution in [0.1, 0.15) is 26.2 Å². The van der Waals surface area contributed by atoms with Crippen LogP contribution in [0.25, 0.3) is 0 Å². The van der Waals surface area contributed by atoms with E-state index in [2.05, 4.69) is 5.32 Å². The van der Waals surface area contributed by atoms with Crippen molar-refractivity contribution >= 4 is 23.2 Å². The van der Waals surface area contributed by atoms with E-state index in [0.29, 0.717) is 25.9 Å². The summed E-state index contributed by atoms with van der Waals surface area (Å²) in [6, 6.07) is 16.7. The zero-order valence-electron chi connectivity index (χ0n) is 14.7. The first-order valence-electron chi connectivity index (χ1n) is 8.44. The first-order chi connectivity index (χ1) is 12.1. The van der Waals surface area contributed by atoms with Crippen LogP contribution in [0.4, 0.5) is 11.4 Å². The molecule has 0 saturated carbocycles. The number of amides is 2. The van der Waals surface area contributed by atoms with Crippen molar-refractivity contribution in [1.29, 1.82) is 0 Å². The Morgan fingerprint density at radius 1 is 1.00 bits per heavy atom. The van der Waals surface area contributed by atoms with Gasteiger partial charge in [0.25, 0.3) is 0 Å². The maximum Gasteiger partial charge on any atom is 0.226 e. The van der Waals surface area contributed by atoms with E-state index in [1.165, 1.54) is 0 Å². The van der Waals surface area contributed by atoms with Crippen LogP contribution in [-0.4, -0.2) is 25.5 Å². The summed E-state index contributed by atoms with van der Waals surface area (Å²) in [5.41, 5.74) is 1.58. The lowest BCUT2D eigenvalue weighted by Gasteiger charge is -2.17. The van der Waals surface area contributed by atoms with Crippen molar-refractivity contribution < 1.29 is 14.3 Å². The number of hydrogen-bond donors (Lipinski definition) is 1. The standard InChI is InChI=1S/C20H24N2O3/c1-3-25-18-14-12-16(13-15-18)21-19(23)10-7-11-20(24)22(2)17-8-5-4-6-9-17/h4-6,8-9,12-15H,3,7,10-11H2,1-2H3,(H,21,23). The lowest BCUT2D eigenvalue weighted by molar-refractivity contribution is -0.118. The molecule has 5 heteroatoms. The van der Waals surface area contributed by atoms with Gasteiger partial charge in [-0.3, -0.25) is 9.59 Å². The highest BCUT2D eigenvalue weighted by Gasteiger charge is 2.11. The van der Waals surface area contributed by atoms with Gasteiger partial charge in [-0.2, -0.15) is 0 Å². The van der Waals surface area contributed by atoms with Gasteiger partial charge in [-0.05, 0) is 49.7 Å². The van der Waals surface area contributed by atoms with Gasteiger partial charge in [-0.1, -0.05) is 18.2 Å². The molecule has 0 saturated heterocycles. The average molecular weight is 340 g/mol. The third kappa shape index (κ3) is 5.95. The maximum atomic E-state index is 12.2. The number of carbonyl (C=O) groups is 2. The van der Waals surface area contributed by atoms with Gasteiger partial charge in [0.05, 0.1) is 6.61 Å². The Kier molecular flexibility index (Phi) is 7.01. The highest BCUT2D eigenvalue weighted by atomic mass is 16.5. The van der Waals surface area contributed by atoms with Crippen molar-refractivity contribution in [2.24, 2.45) is 0 Å². The smallest absolute Gasteiger partial charge is 0.226 e. The van der Waals surface area contributed by atoms with Gasteiger partial charge < -0.3 is 15.0 Å². The van der Waals surface area contributed by atoms with Crippen LogP contribution in [0.5, 0.6) is 5.75 Å². The molecule has 0 atom stereocenters. The molecule has 0 heterocycles. The quantitative estimate of drug-likeness (QED) is 0.794. The third-order valence-electron chi connectivity index (χ3n) is 3.76. The Morgan fingerprint density at radius 2 is 1.68 bits per heavy atom. The number of para-hydroxylation sites is 1. The Bertz CT molecular complexity index is 684. The highest BCUT2D eigenvalue weighted by Crippen LogP contribution is 2.16. The van der Waals surface area contributed by atoms with E-state index in [4.69, 9.17) is 4.74 Å². The minimum atomic E-state index is -0.0978. The fourth-order valence-corrected chi connectivity index (χ4v) is 2.39. The number of ether oxygens (including phenoxy) is 1. The minimum Gasteiger partial charge on any atom is -0.494 e. The molecule has 2 amide bonds. The zero-order valence-corrected chi connectivity index (χ0v) is 14.7. The first-order valence-corrected chi connectivity index (χ1v) is 8.44. The zero-order chi connectivity index (χ0) is 18.1. The van der Waals surface area contributed by atoms with Crippen LogP contribution in [0.2, 0.25) is 0 Å². The van der Waals surface area contributed by atoms with E-state index >= 15 is 0 Å². The van der Waals surface area contributed by atoms with E-state index in [-0.39, 0.29) is 11.8 Å². The van der Waals surface area contributed by atoms with Gasteiger partial charge in [-0.25, -0.2) is 0 Å². The Morgan fingerprint density at radius 3 is 2.32 bits per heavy atom. The SMILES string of the molecule is CCOc1ccc(NC(=O)CCCC(=O)N(C)c2ccccc2)cc1. The van der Waals surface area contributed by atoms with Crippen molar-refractivity contribution in [2.75, 3.05) is 23.9 Å². The van der Waals surface area contributed by atoms with Crippen LogP contribution in [0.15, 0.2) is 54.6 Å². The van der Waals surface area contributed by atoms with E-state index in [1.807, 2.05) is 49.4 Å². The third-order valence-corrected chi connectivity index (χ3v) is 3.76. The Balaban J connectivity index is 1.73. The predicted molar refractivity (Wildman–Crippen MR) is 99.9 cm³/mol. The summed E-state index contributed by atoms with van der Waals surface area (Å²) in [7, 11) is 1.75. The van der Waals surface area contributed by atoms with Gasteiger partial charge in [0.2, 0.25) is 11.8 Å². The van der Waals surface area contributed by atoms with E-state index in [0.717, 1.165) is 17.1 Å². The van der Waals surface area contributed by atoms with Crippen molar-refractivity contribution in [3.63, 3.8) is 0 Å². The fraction of sp³-hybridized carbons (Fsp3) is 0.300. The lowest BCUT2D eigenvalue weighted by Crippen LogP contribution is -2.26. The minimum absolute atomic E-state index is 0.0000623. The number of nitrogens with one attached hydrogen (secondary N) is 1. The fourth-order valence-electron chi connectivity index (χ4n) is 2.39. The van der Waals surface area contributed by atoms with Crippen molar-refractivity contribution in [3.8, 4) is 5.75 Å². The van der Waals surface area contributed by atoms with Crippen LogP contribution in [-0.2, 0) is 9.59 Å². The second-order valence-corrected chi connectivity index (χ2v) is 5.65. The molecule has 0 aliphatic rings. The molecule has 2 aromatic carbocycles. The van der Waals surface area contributed by atoms with Crippen LogP contribution in [0.3, 0.4) is 0 Å². The number of nitrogens with zero attached hydrogens (tertiary/aromatic N) is 1. The molecule has 2 rings (SSSR count). The van der Waals surface area contributed by atoms with Gasteiger partial charge in [-0.15, -0.1) is 0 Å². The molecule has 5 nitrogen and oxygen atoms in total. The monoisotopic (exact) mass is 340 g/mol. The lowest BCUT2D eigenvalue weighted by atomic mass is 10.2. The summed E-state index contributed by atoms with van der Waals surface area (Å²) in [5, 5.41) is 2.83. The number of rotatable bonds is 8. The number of hydrogen-bond acceptors (Lipinski definition) is 3. The molecule has 25 heavy (non-hydrogen) atoms. The molecule has 0 radical (unpaired) electrons. The normalized spacial score (nSPS) is 10.2. The van der Waals surface area contributed by atoms with Gasteiger partial charge in [0, 0.05) is 31.3 Å². The molecule has 0 aromatic heterocycles. The molecule has 0 spiro atoms. The summed E-state index contributed by atoms with van der Waals surface area (Å²) in [5.74, 6) is 0.675. The molecule has 0 fully saturated rings. The van der Waals surface area contributed by atoms with Crippen LogP contribution in [0, 0.1) is 0 Å². The first kappa shape index (κ1) is 18.5. The Labute approximate surface area is 148 Å². The number of anilines is 2. The summed E-state index contributed by atoms with van der Waals surface area (Å²) >= 11 is 0. The second-order valence-electron chi connectivity index (χ2n) is 5.65. The Hall–Kier alpha value is -2.82. The highest BCUT2D eigenvalue weighted by molar-refractivity contribution is 5.94. The number of benzene rings is 2. The van der Waals surface area contributed by atoms with Gasteiger partial charge in [0.1, 0.15) is 5.75 Å². The summed E-state index contributed by atoms with van der Waals surface area (Å²) in [6.07, 6.45) is 1.16. The second kappa shape index (κ2) is 9.47. The maximum absolute atomic E-state index is 12.2. The molecule has 0 aliphatic carbocycles. The van der Waals surface area contributed by atoms with E-state index in [9.17, 15) is 9.59 Å². The van der Waals surface area contributed by atoms with Crippen molar-refractivity contribution in [1.82, 2.24) is 0 Å².